The average Bonchev–Trinajstić information content (AvgIpc) is 2.60. The first-order valence-electron chi connectivity index (χ1n) is 8.79. The molecular weight excluding hydrogens is 347 g/mol. The number of likely N-dealkylation sites (N-methyl/N-ethyl adjacent to an activating group) is 1. The quantitative estimate of drug-likeness (QED) is 0.806. The first-order valence-corrected chi connectivity index (χ1v) is 8.79. The van der Waals surface area contributed by atoms with E-state index < -0.39 is 11.7 Å². The molecule has 2 aromatic carbocycles. The van der Waals surface area contributed by atoms with Crippen molar-refractivity contribution in [3.05, 3.63) is 59.4 Å². The summed E-state index contributed by atoms with van der Waals surface area (Å²) in [4.78, 5) is 25.5. The Hall–Kier alpha value is -2.89. The maximum atomic E-state index is 13.1. The van der Waals surface area contributed by atoms with Crippen LogP contribution in [0.2, 0.25) is 0 Å². The van der Waals surface area contributed by atoms with Gasteiger partial charge in [0.15, 0.2) is 6.61 Å². The zero-order valence-electron chi connectivity index (χ0n) is 16.1. The lowest BCUT2D eigenvalue weighted by Crippen LogP contribution is -2.37. The molecule has 0 spiro atoms. The van der Waals surface area contributed by atoms with Gasteiger partial charge in [0.25, 0.3) is 5.91 Å². The molecule has 2 rings (SSSR count). The fraction of sp³-hybridized carbons (Fsp3) is 0.333. The molecule has 1 N–H and O–H groups in total. The van der Waals surface area contributed by atoms with Crippen molar-refractivity contribution in [2.45, 2.75) is 26.7 Å². The van der Waals surface area contributed by atoms with E-state index in [-0.39, 0.29) is 19.1 Å². The number of nitrogens with zero attached hydrogens (tertiary/aromatic N) is 1. The number of amides is 2. The number of ether oxygens (including phenoxy) is 1. The second kappa shape index (κ2) is 9.16. The summed E-state index contributed by atoms with van der Waals surface area (Å²) in [6.45, 7) is 5.78. The highest BCUT2D eigenvalue weighted by Crippen LogP contribution is 2.24. The van der Waals surface area contributed by atoms with Crippen LogP contribution >= 0.6 is 0 Å². The van der Waals surface area contributed by atoms with Crippen molar-refractivity contribution >= 4 is 17.5 Å². The largest absolute Gasteiger partial charge is 0.483 e. The molecule has 144 valence electrons. The van der Waals surface area contributed by atoms with Crippen LogP contribution in [0.5, 0.6) is 5.75 Å². The van der Waals surface area contributed by atoms with E-state index in [0.717, 1.165) is 11.1 Å². The van der Waals surface area contributed by atoms with Gasteiger partial charge in [0.2, 0.25) is 5.91 Å². The molecule has 0 radical (unpaired) electrons. The highest BCUT2D eigenvalue weighted by molar-refractivity contribution is 5.94. The van der Waals surface area contributed by atoms with E-state index in [2.05, 4.69) is 19.2 Å². The minimum Gasteiger partial charge on any atom is -0.483 e. The van der Waals surface area contributed by atoms with Gasteiger partial charge in [-0.25, -0.2) is 4.39 Å². The van der Waals surface area contributed by atoms with Gasteiger partial charge in [-0.15, -0.1) is 0 Å². The van der Waals surface area contributed by atoms with Crippen molar-refractivity contribution < 1.29 is 18.7 Å². The number of hydrogen-bond acceptors (Lipinski definition) is 3. The van der Waals surface area contributed by atoms with Gasteiger partial charge in [-0.1, -0.05) is 32.0 Å². The topological polar surface area (TPSA) is 58.6 Å². The Morgan fingerprint density at radius 1 is 1.19 bits per heavy atom. The van der Waals surface area contributed by atoms with Crippen molar-refractivity contribution in [3.63, 3.8) is 0 Å². The number of carbonyl (C=O) groups excluding carboxylic acids is 2. The van der Waals surface area contributed by atoms with Gasteiger partial charge in [-0.2, -0.15) is 0 Å². The van der Waals surface area contributed by atoms with Crippen molar-refractivity contribution in [3.8, 4) is 5.75 Å². The number of benzene rings is 2. The predicted octanol–water partition coefficient (Wildman–Crippen LogP) is 3.73. The normalized spacial score (nSPS) is 10.6. The molecule has 2 aromatic rings. The van der Waals surface area contributed by atoms with Crippen LogP contribution in [-0.4, -0.2) is 36.9 Å². The minimum atomic E-state index is -0.440. The molecule has 5 nitrogen and oxygen atoms in total. The number of rotatable bonds is 7. The Kier molecular flexibility index (Phi) is 6.93. The third-order valence-electron chi connectivity index (χ3n) is 4.14. The summed E-state index contributed by atoms with van der Waals surface area (Å²) in [7, 11) is 1.52. The van der Waals surface area contributed by atoms with Crippen LogP contribution in [0, 0.1) is 12.7 Å². The zero-order chi connectivity index (χ0) is 20.0. The van der Waals surface area contributed by atoms with Crippen LogP contribution in [0.15, 0.2) is 42.5 Å². The van der Waals surface area contributed by atoms with Crippen LogP contribution in [0.1, 0.15) is 30.9 Å². The highest BCUT2D eigenvalue weighted by Gasteiger charge is 2.15. The molecule has 0 unspecified atom stereocenters. The molecule has 0 aliphatic heterocycles. The zero-order valence-corrected chi connectivity index (χ0v) is 16.1. The van der Waals surface area contributed by atoms with Crippen LogP contribution in [0.25, 0.3) is 0 Å². The molecule has 0 atom stereocenters. The van der Waals surface area contributed by atoms with Crippen molar-refractivity contribution in [2.75, 3.05) is 25.5 Å². The van der Waals surface area contributed by atoms with Gasteiger partial charge in [0, 0.05) is 12.7 Å². The van der Waals surface area contributed by atoms with E-state index in [1.54, 1.807) is 6.07 Å². The molecule has 27 heavy (non-hydrogen) atoms. The first kappa shape index (κ1) is 20.4. The van der Waals surface area contributed by atoms with Crippen molar-refractivity contribution in [1.82, 2.24) is 4.90 Å². The number of anilines is 1. The van der Waals surface area contributed by atoms with Gasteiger partial charge in [0.05, 0.1) is 6.54 Å². The van der Waals surface area contributed by atoms with Crippen LogP contribution < -0.4 is 10.1 Å². The summed E-state index contributed by atoms with van der Waals surface area (Å²) in [5.41, 5.74) is 2.42. The third-order valence-corrected chi connectivity index (χ3v) is 4.14. The van der Waals surface area contributed by atoms with Crippen molar-refractivity contribution in [2.24, 2.45) is 0 Å². The summed E-state index contributed by atoms with van der Waals surface area (Å²) in [6.07, 6.45) is 0. The SMILES string of the molecule is Cc1ccc(C(C)C)cc1OCC(=O)N(C)CC(=O)Nc1cccc(F)c1. The van der Waals surface area contributed by atoms with Gasteiger partial charge in [-0.05, 0) is 48.2 Å². The standard InChI is InChI=1S/C21H25FN2O3/c1-14(2)16-9-8-15(3)19(10-16)27-13-21(26)24(4)12-20(25)23-18-7-5-6-17(22)11-18/h5-11,14H,12-13H2,1-4H3,(H,23,25). The predicted molar refractivity (Wildman–Crippen MR) is 103 cm³/mol. The molecule has 0 bridgehead atoms. The molecule has 0 saturated carbocycles. The van der Waals surface area contributed by atoms with E-state index >= 15 is 0 Å². The lowest BCUT2D eigenvalue weighted by atomic mass is 10.0. The Labute approximate surface area is 159 Å². The van der Waals surface area contributed by atoms with Crippen molar-refractivity contribution in [1.29, 1.82) is 0 Å². The molecule has 0 aromatic heterocycles. The van der Waals surface area contributed by atoms with Gasteiger partial charge < -0.3 is 15.0 Å². The number of nitrogens with one attached hydrogen (secondary N) is 1. The lowest BCUT2D eigenvalue weighted by molar-refractivity contribution is -0.135. The summed E-state index contributed by atoms with van der Waals surface area (Å²) >= 11 is 0. The number of carbonyl (C=O) groups is 2. The number of aryl methyl sites for hydroxylation is 1. The average molecular weight is 372 g/mol. The van der Waals surface area contributed by atoms with E-state index in [9.17, 15) is 14.0 Å². The summed E-state index contributed by atoms with van der Waals surface area (Å²) in [5, 5.41) is 2.56. The molecular formula is C21H25FN2O3. The Morgan fingerprint density at radius 3 is 2.59 bits per heavy atom. The van der Waals surface area contributed by atoms with Gasteiger partial charge in [0.1, 0.15) is 11.6 Å². The van der Waals surface area contributed by atoms with Gasteiger partial charge in [-0.3, -0.25) is 9.59 Å². The van der Waals surface area contributed by atoms with Crippen LogP contribution in [0.4, 0.5) is 10.1 Å². The molecule has 2 amide bonds. The summed E-state index contributed by atoms with van der Waals surface area (Å²) in [6, 6.07) is 11.5. The van der Waals surface area contributed by atoms with E-state index in [0.29, 0.717) is 17.4 Å². The fourth-order valence-electron chi connectivity index (χ4n) is 2.45. The molecule has 0 aliphatic carbocycles. The first-order chi connectivity index (χ1) is 12.8. The Balaban J connectivity index is 1.88. The molecule has 0 aliphatic rings. The van der Waals surface area contributed by atoms with Crippen LogP contribution in [-0.2, 0) is 9.59 Å². The monoisotopic (exact) mass is 372 g/mol. The minimum absolute atomic E-state index is 0.149. The molecule has 0 heterocycles. The summed E-state index contributed by atoms with van der Waals surface area (Å²) in [5.74, 6) is -0.150. The number of hydrogen-bond donors (Lipinski definition) is 1. The third kappa shape index (κ3) is 6.09. The maximum absolute atomic E-state index is 13.1. The lowest BCUT2D eigenvalue weighted by Gasteiger charge is -2.18. The highest BCUT2D eigenvalue weighted by atomic mass is 19.1. The Bertz CT molecular complexity index is 821. The van der Waals surface area contributed by atoms with Gasteiger partial charge >= 0.3 is 0 Å². The molecule has 0 saturated heterocycles. The fourth-order valence-corrected chi connectivity index (χ4v) is 2.45. The van der Waals surface area contributed by atoms with E-state index in [4.69, 9.17) is 4.74 Å². The van der Waals surface area contributed by atoms with E-state index in [1.807, 2.05) is 25.1 Å². The maximum Gasteiger partial charge on any atom is 0.260 e. The molecule has 0 fully saturated rings. The smallest absolute Gasteiger partial charge is 0.260 e. The second-order valence-corrected chi connectivity index (χ2v) is 6.78. The molecule has 6 heteroatoms. The Morgan fingerprint density at radius 2 is 1.93 bits per heavy atom. The number of halogens is 1. The second-order valence-electron chi connectivity index (χ2n) is 6.78. The van der Waals surface area contributed by atoms with Crippen LogP contribution in [0.3, 0.4) is 0 Å². The van der Waals surface area contributed by atoms with E-state index in [1.165, 1.54) is 30.1 Å². The summed E-state index contributed by atoms with van der Waals surface area (Å²) < 4.78 is 18.8.